The van der Waals surface area contributed by atoms with Gasteiger partial charge in [-0.25, -0.2) is 18.2 Å². The van der Waals surface area contributed by atoms with Crippen LogP contribution in [0.4, 0.5) is 19.0 Å². The SMILES string of the molecule is O=C(CCc1c(F)cccc1F)Nc1ncccc1F. The van der Waals surface area contributed by atoms with Crippen molar-refractivity contribution in [1.29, 1.82) is 0 Å². The number of carbonyl (C=O) groups is 1. The molecule has 2 aromatic rings. The van der Waals surface area contributed by atoms with Crippen molar-refractivity contribution in [2.75, 3.05) is 5.32 Å². The summed E-state index contributed by atoms with van der Waals surface area (Å²) in [6, 6.07) is 6.03. The first-order valence-corrected chi connectivity index (χ1v) is 5.91. The number of nitrogens with one attached hydrogen (secondary N) is 1. The van der Waals surface area contributed by atoms with Crippen LogP contribution in [0, 0.1) is 17.5 Å². The summed E-state index contributed by atoms with van der Waals surface area (Å²) in [6.07, 6.45) is 1.04. The van der Waals surface area contributed by atoms with E-state index in [-0.39, 0.29) is 24.2 Å². The van der Waals surface area contributed by atoms with Crippen molar-refractivity contribution in [3.63, 3.8) is 0 Å². The minimum Gasteiger partial charge on any atom is -0.308 e. The molecule has 0 radical (unpaired) electrons. The van der Waals surface area contributed by atoms with E-state index in [1.54, 1.807) is 0 Å². The summed E-state index contributed by atoms with van der Waals surface area (Å²) in [4.78, 5) is 15.3. The Morgan fingerprint density at radius 2 is 1.70 bits per heavy atom. The Hall–Kier alpha value is -2.37. The van der Waals surface area contributed by atoms with Crippen LogP contribution in [0.3, 0.4) is 0 Å². The molecule has 20 heavy (non-hydrogen) atoms. The van der Waals surface area contributed by atoms with Gasteiger partial charge in [0, 0.05) is 18.2 Å². The molecule has 104 valence electrons. The third kappa shape index (κ3) is 3.34. The molecule has 1 N–H and O–H groups in total. The molecular formula is C14H11F3N2O. The monoisotopic (exact) mass is 280 g/mol. The van der Waals surface area contributed by atoms with E-state index in [1.807, 2.05) is 0 Å². The molecule has 0 atom stereocenters. The van der Waals surface area contributed by atoms with E-state index in [0.29, 0.717) is 0 Å². The van der Waals surface area contributed by atoms with Gasteiger partial charge in [-0.3, -0.25) is 4.79 Å². The largest absolute Gasteiger partial charge is 0.308 e. The zero-order valence-corrected chi connectivity index (χ0v) is 10.4. The van der Waals surface area contributed by atoms with Crippen LogP contribution in [0.1, 0.15) is 12.0 Å². The predicted molar refractivity (Wildman–Crippen MR) is 67.5 cm³/mol. The first kappa shape index (κ1) is 14.0. The lowest BCUT2D eigenvalue weighted by Crippen LogP contribution is -2.15. The van der Waals surface area contributed by atoms with Crippen LogP contribution in [0.15, 0.2) is 36.5 Å². The molecule has 0 aliphatic heterocycles. The van der Waals surface area contributed by atoms with Crippen LogP contribution >= 0.6 is 0 Å². The number of pyridine rings is 1. The standard InChI is InChI=1S/C14H11F3N2O/c15-10-3-1-4-11(16)9(10)6-7-13(20)19-14-12(17)5-2-8-18-14/h1-5,8H,6-7H2,(H,18,19,20). The summed E-state index contributed by atoms with van der Waals surface area (Å²) in [7, 11) is 0. The van der Waals surface area contributed by atoms with Gasteiger partial charge in [-0.2, -0.15) is 0 Å². The molecule has 0 fully saturated rings. The lowest BCUT2D eigenvalue weighted by molar-refractivity contribution is -0.116. The van der Waals surface area contributed by atoms with E-state index >= 15 is 0 Å². The van der Waals surface area contributed by atoms with Crippen LogP contribution in [0.5, 0.6) is 0 Å². The van der Waals surface area contributed by atoms with Gasteiger partial charge in [-0.05, 0) is 30.7 Å². The topological polar surface area (TPSA) is 42.0 Å². The zero-order chi connectivity index (χ0) is 14.5. The maximum atomic E-state index is 13.3. The van der Waals surface area contributed by atoms with Gasteiger partial charge < -0.3 is 5.32 Å². The zero-order valence-electron chi connectivity index (χ0n) is 10.4. The number of amides is 1. The molecule has 0 saturated carbocycles. The molecule has 0 spiro atoms. The van der Waals surface area contributed by atoms with Crippen molar-refractivity contribution in [2.24, 2.45) is 0 Å². The number of aromatic nitrogens is 1. The van der Waals surface area contributed by atoms with Crippen LogP contribution in [0.25, 0.3) is 0 Å². The van der Waals surface area contributed by atoms with Gasteiger partial charge in [0.1, 0.15) is 11.6 Å². The minimum absolute atomic E-state index is 0.112. The molecule has 2 rings (SSSR count). The third-order valence-corrected chi connectivity index (χ3v) is 2.68. The highest BCUT2D eigenvalue weighted by Gasteiger charge is 2.12. The smallest absolute Gasteiger partial charge is 0.225 e. The molecule has 0 aliphatic carbocycles. The van der Waals surface area contributed by atoms with E-state index in [9.17, 15) is 18.0 Å². The summed E-state index contributed by atoms with van der Waals surface area (Å²) in [6.45, 7) is 0. The Labute approximate surface area is 113 Å². The van der Waals surface area contributed by atoms with Crippen molar-refractivity contribution < 1.29 is 18.0 Å². The fourth-order valence-electron chi connectivity index (χ4n) is 1.68. The Bertz CT molecular complexity index is 611. The average Bonchev–Trinajstić information content (AvgIpc) is 2.41. The lowest BCUT2D eigenvalue weighted by Gasteiger charge is -2.06. The molecule has 1 amide bonds. The summed E-state index contributed by atoms with van der Waals surface area (Å²) in [5.41, 5.74) is -0.163. The van der Waals surface area contributed by atoms with Crippen molar-refractivity contribution in [3.8, 4) is 0 Å². The molecule has 1 aromatic heterocycles. The fraction of sp³-hybridized carbons (Fsp3) is 0.143. The third-order valence-electron chi connectivity index (χ3n) is 2.68. The van der Waals surface area contributed by atoms with Crippen LogP contribution < -0.4 is 5.32 Å². The van der Waals surface area contributed by atoms with E-state index in [2.05, 4.69) is 10.3 Å². The predicted octanol–water partition coefficient (Wildman–Crippen LogP) is 3.07. The molecule has 0 bridgehead atoms. The van der Waals surface area contributed by atoms with Crippen LogP contribution in [-0.2, 0) is 11.2 Å². The van der Waals surface area contributed by atoms with Gasteiger partial charge >= 0.3 is 0 Å². The van der Waals surface area contributed by atoms with Crippen molar-refractivity contribution in [2.45, 2.75) is 12.8 Å². The number of carbonyl (C=O) groups excluding carboxylic acids is 1. The number of halogens is 3. The first-order valence-electron chi connectivity index (χ1n) is 5.91. The average molecular weight is 280 g/mol. The van der Waals surface area contributed by atoms with Crippen molar-refractivity contribution in [1.82, 2.24) is 4.98 Å². The molecule has 0 unspecified atom stereocenters. The second-order valence-corrected chi connectivity index (χ2v) is 4.08. The highest BCUT2D eigenvalue weighted by atomic mass is 19.1. The molecular weight excluding hydrogens is 269 g/mol. The van der Waals surface area contributed by atoms with Crippen LogP contribution in [0.2, 0.25) is 0 Å². The van der Waals surface area contributed by atoms with Crippen molar-refractivity contribution >= 4 is 11.7 Å². The van der Waals surface area contributed by atoms with E-state index in [0.717, 1.165) is 18.2 Å². The number of anilines is 1. The Balaban J connectivity index is 1.98. The maximum absolute atomic E-state index is 13.3. The Morgan fingerprint density at radius 3 is 2.35 bits per heavy atom. The van der Waals surface area contributed by atoms with Gasteiger partial charge in [0.25, 0.3) is 0 Å². The number of rotatable bonds is 4. The van der Waals surface area contributed by atoms with Crippen molar-refractivity contribution in [3.05, 3.63) is 59.5 Å². The normalized spacial score (nSPS) is 10.3. The first-order chi connectivity index (χ1) is 9.58. The Morgan fingerprint density at radius 1 is 1.05 bits per heavy atom. The number of benzene rings is 1. The van der Waals surface area contributed by atoms with Crippen LogP contribution in [-0.4, -0.2) is 10.9 Å². The summed E-state index contributed by atoms with van der Waals surface area (Å²) in [5, 5.41) is 2.25. The summed E-state index contributed by atoms with van der Waals surface area (Å²) >= 11 is 0. The summed E-state index contributed by atoms with van der Waals surface area (Å²) < 4.78 is 39.9. The quantitative estimate of drug-likeness (QED) is 0.935. The fourth-order valence-corrected chi connectivity index (χ4v) is 1.68. The lowest BCUT2D eigenvalue weighted by atomic mass is 10.1. The van der Waals surface area contributed by atoms with E-state index in [4.69, 9.17) is 0 Å². The molecule has 0 aliphatic rings. The van der Waals surface area contributed by atoms with E-state index < -0.39 is 23.4 Å². The molecule has 1 aromatic carbocycles. The Kier molecular flexibility index (Phi) is 4.34. The maximum Gasteiger partial charge on any atom is 0.225 e. The number of hydrogen-bond acceptors (Lipinski definition) is 2. The second kappa shape index (κ2) is 6.18. The number of hydrogen-bond donors (Lipinski definition) is 1. The minimum atomic E-state index is -0.707. The summed E-state index contributed by atoms with van der Waals surface area (Å²) in [5.74, 6) is -2.85. The van der Waals surface area contributed by atoms with Gasteiger partial charge in [-0.1, -0.05) is 6.07 Å². The van der Waals surface area contributed by atoms with Gasteiger partial charge in [-0.15, -0.1) is 0 Å². The molecule has 3 nitrogen and oxygen atoms in total. The molecule has 1 heterocycles. The molecule has 0 saturated heterocycles. The highest BCUT2D eigenvalue weighted by molar-refractivity contribution is 5.89. The number of nitrogens with zero attached hydrogens (tertiary/aromatic N) is 1. The highest BCUT2D eigenvalue weighted by Crippen LogP contribution is 2.15. The van der Waals surface area contributed by atoms with Gasteiger partial charge in [0.15, 0.2) is 11.6 Å². The van der Waals surface area contributed by atoms with Gasteiger partial charge in [0.2, 0.25) is 5.91 Å². The van der Waals surface area contributed by atoms with E-state index in [1.165, 1.54) is 18.3 Å². The molecule has 6 heteroatoms. The second-order valence-electron chi connectivity index (χ2n) is 4.08. The van der Waals surface area contributed by atoms with Gasteiger partial charge in [0.05, 0.1) is 0 Å².